The lowest BCUT2D eigenvalue weighted by Crippen LogP contribution is -2.30. The van der Waals surface area contributed by atoms with Gasteiger partial charge in [0.2, 0.25) is 0 Å². The summed E-state index contributed by atoms with van der Waals surface area (Å²) in [4.78, 5) is 37.8. The van der Waals surface area contributed by atoms with Crippen LogP contribution in [0.4, 0.5) is 0 Å². The zero-order valence-electron chi connectivity index (χ0n) is 37.7. The molecule has 0 heterocycles. The van der Waals surface area contributed by atoms with Gasteiger partial charge in [-0.25, -0.2) is 0 Å². The largest absolute Gasteiger partial charge is 0.462 e. The summed E-state index contributed by atoms with van der Waals surface area (Å²) in [6.45, 7) is 6.64. The predicted octanol–water partition coefficient (Wildman–Crippen LogP) is 15.8. The van der Waals surface area contributed by atoms with Gasteiger partial charge >= 0.3 is 17.9 Å². The van der Waals surface area contributed by atoms with Crippen molar-refractivity contribution in [2.75, 3.05) is 13.2 Å². The van der Waals surface area contributed by atoms with E-state index in [0.717, 1.165) is 64.2 Å². The highest BCUT2D eigenvalue weighted by Crippen LogP contribution is 2.16. The van der Waals surface area contributed by atoms with E-state index in [2.05, 4.69) is 32.9 Å². The van der Waals surface area contributed by atoms with Crippen LogP contribution in [0.3, 0.4) is 0 Å². The van der Waals surface area contributed by atoms with E-state index in [4.69, 9.17) is 14.2 Å². The minimum Gasteiger partial charge on any atom is -0.462 e. The summed E-state index contributed by atoms with van der Waals surface area (Å²) in [5.41, 5.74) is 0. The second-order valence-electron chi connectivity index (χ2n) is 16.7. The lowest BCUT2D eigenvalue weighted by molar-refractivity contribution is -0.167. The summed E-state index contributed by atoms with van der Waals surface area (Å²) in [5, 5.41) is 0. The van der Waals surface area contributed by atoms with E-state index in [1.807, 2.05) is 0 Å². The van der Waals surface area contributed by atoms with Gasteiger partial charge in [0.15, 0.2) is 6.10 Å². The average molecular weight is 791 g/mol. The molecule has 0 radical (unpaired) electrons. The average Bonchev–Trinajstić information content (AvgIpc) is 3.19. The Kier molecular flexibility index (Phi) is 44.3. The quantitative estimate of drug-likeness (QED) is 0.0264. The number of esters is 3. The molecule has 0 bridgehead atoms. The van der Waals surface area contributed by atoms with Crippen LogP contribution in [-0.4, -0.2) is 37.2 Å². The van der Waals surface area contributed by atoms with Crippen LogP contribution in [-0.2, 0) is 28.6 Å². The number of hydrogen-bond donors (Lipinski definition) is 0. The molecule has 0 N–H and O–H groups in total. The Bertz CT molecular complexity index is 870. The SMILES string of the molecule is CCCCCCC/C=C\CCCCCCCC(=O)OCC(COC(=O)CCCCCCCCCCCCCC)OC(=O)CCCCCCCCCCCCCC. The highest BCUT2D eigenvalue weighted by molar-refractivity contribution is 5.71. The van der Waals surface area contributed by atoms with Crippen molar-refractivity contribution in [1.29, 1.82) is 0 Å². The Morgan fingerprint density at radius 2 is 0.589 bits per heavy atom. The molecule has 0 aromatic heterocycles. The molecular weight excluding hydrogens is 697 g/mol. The summed E-state index contributed by atoms with van der Waals surface area (Å²) in [6.07, 6.45) is 49.0. The van der Waals surface area contributed by atoms with Gasteiger partial charge in [-0.15, -0.1) is 0 Å². The Balaban J connectivity index is 4.34. The van der Waals surface area contributed by atoms with E-state index in [9.17, 15) is 14.4 Å². The third-order valence-corrected chi connectivity index (χ3v) is 11.0. The molecule has 0 aromatic carbocycles. The maximum absolute atomic E-state index is 12.7. The van der Waals surface area contributed by atoms with Crippen molar-refractivity contribution in [3.8, 4) is 0 Å². The summed E-state index contributed by atoms with van der Waals surface area (Å²) in [6, 6.07) is 0. The molecule has 56 heavy (non-hydrogen) atoms. The maximum Gasteiger partial charge on any atom is 0.306 e. The molecule has 0 aliphatic heterocycles. The summed E-state index contributed by atoms with van der Waals surface area (Å²) >= 11 is 0. The Morgan fingerprint density at radius 3 is 0.893 bits per heavy atom. The molecule has 0 saturated carbocycles. The number of carbonyl (C=O) groups is 3. The van der Waals surface area contributed by atoms with Gasteiger partial charge in [-0.3, -0.25) is 14.4 Å². The zero-order chi connectivity index (χ0) is 40.8. The molecule has 1 unspecified atom stereocenters. The highest BCUT2D eigenvalue weighted by Gasteiger charge is 2.19. The van der Waals surface area contributed by atoms with Gasteiger partial charge in [-0.2, -0.15) is 0 Å². The third-order valence-electron chi connectivity index (χ3n) is 11.0. The molecule has 6 heteroatoms. The van der Waals surface area contributed by atoms with Gasteiger partial charge < -0.3 is 14.2 Å². The lowest BCUT2D eigenvalue weighted by atomic mass is 10.0. The fourth-order valence-corrected chi connectivity index (χ4v) is 7.26. The number of ether oxygens (including phenoxy) is 3. The maximum atomic E-state index is 12.7. The molecule has 0 aliphatic rings. The Morgan fingerprint density at radius 1 is 0.339 bits per heavy atom. The molecular formula is C50H94O6. The van der Waals surface area contributed by atoms with Crippen LogP contribution in [0.15, 0.2) is 12.2 Å². The second-order valence-corrected chi connectivity index (χ2v) is 16.7. The third kappa shape index (κ3) is 43.3. The molecule has 0 aliphatic carbocycles. The zero-order valence-corrected chi connectivity index (χ0v) is 37.7. The van der Waals surface area contributed by atoms with E-state index in [-0.39, 0.29) is 31.1 Å². The van der Waals surface area contributed by atoms with Crippen LogP contribution >= 0.6 is 0 Å². The van der Waals surface area contributed by atoms with Gasteiger partial charge in [-0.05, 0) is 44.9 Å². The standard InChI is InChI=1S/C50H94O6/c1-4-7-10-13-16-19-22-25-26-29-31-34-37-40-43-49(52)55-46-47(56-50(53)44-41-38-35-32-28-24-21-18-15-12-9-6-3)45-54-48(51)42-39-36-33-30-27-23-20-17-14-11-8-5-2/h22,25,47H,4-21,23-24,26-46H2,1-3H3/b25-22-. The first-order valence-electron chi connectivity index (χ1n) is 24.7. The molecule has 0 rings (SSSR count). The van der Waals surface area contributed by atoms with Crippen molar-refractivity contribution in [2.24, 2.45) is 0 Å². The molecule has 6 nitrogen and oxygen atoms in total. The van der Waals surface area contributed by atoms with Crippen molar-refractivity contribution < 1.29 is 28.6 Å². The van der Waals surface area contributed by atoms with Crippen molar-refractivity contribution in [2.45, 2.75) is 277 Å². The summed E-state index contributed by atoms with van der Waals surface area (Å²) in [5.74, 6) is -0.864. The van der Waals surface area contributed by atoms with Gasteiger partial charge in [0.1, 0.15) is 13.2 Å². The van der Waals surface area contributed by atoms with Gasteiger partial charge in [0, 0.05) is 19.3 Å². The van der Waals surface area contributed by atoms with Crippen molar-refractivity contribution in [3.63, 3.8) is 0 Å². The van der Waals surface area contributed by atoms with Crippen LogP contribution in [0.1, 0.15) is 271 Å². The van der Waals surface area contributed by atoms with E-state index >= 15 is 0 Å². The first-order chi connectivity index (χ1) is 27.5. The smallest absolute Gasteiger partial charge is 0.306 e. The number of hydrogen-bond acceptors (Lipinski definition) is 6. The van der Waals surface area contributed by atoms with Crippen molar-refractivity contribution >= 4 is 17.9 Å². The summed E-state index contributed by atoms with van der Waals surface area (Å²) in [7, 11) is 0. The topological polar surface area (TPSA) is 78.9 Å². The van der Waals surface area contributed by atoms with Crippen molar-refractivity contribution in [1.82, 2.24) is 0 Å². The van der Waals surface area contributed by atoms with Crippen LogP contribution in [0.2, 0.25) is 0 Å². The van der Waals surface area contributed by atoms with Gasteiger partial charge in [0.05, 0.1) is 0 Å². The van der Waals surface area contributed by atoms with E-state index in [1.54, 1.807) is 0 Å². The first-order valence-corrected chi connectivity index (χ1v) is 24.7. The summed E-state index contributed by atoms with van der Waals surface area (Å²) < 4.78 is 16.8. The number of carbonyl (C=O) groups excluding carboxylic acids is 3. The molecule has 0 fully saturated rings. The van der Waals surface area contributed by atoms with E-state index in [0.29, 0.717) is 19.3 Å². The van der Waals surface area contributed by atoms with Gasteiger partial charge in [-0.1, -0.05) is 219 Å². The molecule has 0 aromatic rings. The van der Waals surface area contributed by atoms with Crippen LogP contribution in [0, 0.1) is 0 Å². The number of rotatable bonds is 45. The number of allylic oxidation sites excluding steroid dienone is 2. The van der Waals surface area contributed by atoms with E-state index < -0.39 is 6.10 Å². The minimum atomic E-state index is -0.765. The monoisotopic (exact) mass is 791 g/mol. The molecule has 0 saturated heterocycles. The second kappa shape index (κ2) is 45.8. The fraction of sp³-hybridized carbons (Fsp3) is 0.900. The van der Waals surface area contributed by atoms with Crippen LogP contribution in [0.25, 0.3) is 0 Å². The Hall–Kier alpha value is -1.85. The molecule has 330 valence electrons. The number of unbranched alkanes of at least 4 members (excludes halogenated alkanes) is 32. The normalized spacial score (nSPS) is 12.0. The highest BCUT2D eigenvalue weighted by atomic mass is 16.6. The Labute approximate surface area is 348 Å². The van der Waals surface area contributed by atoms with Gasteiger partial charge in [0.25, 0.3) is 0 Å². The predicted molar refractivity (Wildman–Crippen MR) is 238 cm³/mol. The molecule has 1 atom stereocenters. The fourth-order valence-electron chi connectivity index (χ4n) is 7.26. The van der Waals surface area contributed by atoms with Crippen molar-refractivity contribution in [3.05, 3.63) is 12.2 Å². The first kappa shape index (κ1) is 54.2. The van der Waals surface area contributed by atoms with E-state index in [1.165, 1.54) is 167 Å². The van der Waals surface area contributed by atoms with Crippen LogP contribution in [0.5, 0.6) is 0 Å². The lowest BCUT2D eigenvalue weighted by Gasteiger charge is -2.18. The van der Waals surface area contributed by atoms with Crippen LogP contribution < -0.4 is 0 Å². The minimum absolute atomic E-state index is 0.0676. The molecule has 0 amide bonds. The molecule has 0 spiro atoms.